The Morgan fingerprint density at radius 3 is 2.33 bits per heavy atom. The van der Waals surface area contributed by atoms with E-state index in [0.29, 0.717) is 6.17 Å². The highest BCUT2D eigenvalue weighted by Crippen LogP contribution is 2.65. The molecule has 2 aliphatic carbocycles. The summed E-state index contributed by atoms with van der Waals surface area (Å²) in [5.74, 6) is 0. The van der Waals surface area contributed by atoms with Crippen molar-refractivity contribution in [3.8, 4) is 11.1 Å². The second kappa shape index (κ2) is 5.66. The minimum absolute atomic E-state index is 0.189. The van der Waals surface area contributed by atoms with Gasteiger partial charge in [0.05, 0.1) is 5.52 Å². The van der Waals surface area contributed by atoms with E-state index < -0.39 is 0 Å². The lowest BCUT2D eigenvalue weighted by molar-refractivity contribution is 0.105. The Hall–Kier alpha value is -2.81. The van der Waals surface area contributed by atoms with Crippen LogP contribution in [0, 0.1) is 6.92 Å². The summed E-state index contributed by atoms with van der Waals surface area (Å²) in [5.41, 5.74) is 9.93. The number of hydrogen-bond donors (Lipinski definition) is 0. The summed E-state index contributed by atoms with van der Waals surface area (Å²) in [6.07, 6.45) is 9.11. The Kier molecular flexibility index (Phi) is 3.40. The molecule has 1 aromatic heterocycles. The number of hydrogen-bond acceptors (Lipinski definition) is 3. The lowest BCUT2D eigenvalue weighted by Crippen LogP contribution is -2.56. The zero-order valence-electron chi connectivity index (χ0n) is 18.5. The van der Waals surface area contributed by atoms with E-state index in [4.69, 9.17) is 0 Å². The average Bonchev–Trinajstić information content (AvgIpc) is 3.08. The number of nitrogens with zero attached hydrogens (tertiary/aromatic N) is 3. The molecule has 2 unspecified atom stereocenters. The maximum atomic E-state index is 4.68. The summed E-state index contributed by atoms with van der Waals surface area (Å²) in [4.78, 5) is 9.33. The number of aromatic nitrogens is 1. The van der Waals surface area contributed by atoms with Crippen LogP contribution in [0.3, 0.4) is 0 Å². The zero-order chi connectivity index (χ0) is 20.8. The van der Waals surface area contributed by atoms with Crippen molar-refractivity contribution in [3.05, 3.63) is 71.7 Å². The third kappa shape index (κ3) is 2.03. The highest BCUT2D eigenvalue weighted by molar-refractivity contribution is 5.91. The van der Waals surface area contributed by atoms with Gasteiger partial charge in [-0.05, 0) is 78.8 Å². The van der Waals surface area contributed by atoms with Crippen LogP contribution in [0.15, 0.2) is 55.0 Å². The second-order valence-corrected chi connectivity index (χ2v) is 9.95. The summed E-state index contributed by atoms with van der Waals surface area (Å²) in [5, 5.41) is 1.25. The van der Waals surface area contributed by atoms with Crippen molar-refractivity contribution in [3.63, 3.8) is 0 Å². The Morgan fingerprint density at radius 2 is 1.67 bits per heavy atom. The van der Waals surface area contributed by atoms with Gasteiger partial charge >= 0.3 is 0 Å². The molecular formula is C27H29N3. The van der Waals surface area contributed by atoms with Crippen LogP contribution in [0.1, 0.15) is 50.3 Å². The van der Waals surface area contributed by atoms with Gasteiger partial charge in [-0.25, -0.2) is 0 Å². The smallest absolute Gasteiger partial charge is 0.102 e. The third-order valence-corrected chi connectivity index (χ3v) is 8.63. The normalized spacial score (nSPS) is 28.9. The molecule has 0 bridgehead atoms. The van der Waals surface area contributed by atoms with E-state index in [1.54, 1.807) is 0 Å². The lowest BCUT2D eigenvalue weighted by Gasteiger charge is -2.60. The van der Waals surface area contributed by atoms with Crippen LogP contribution in [0.25, 0.3) is 22.0 Å². The monoisotopic (exact) mass is 395 g/mol. The molecule has 2 aromatic carbocycles. The van der Waals surface area contributed by atoms with Crippen molar-refractivity contribution in [1.82, 2.24) is 9.88 Å². The molecule has 0 amide bonds. The Bertz CT molecular complexity index is 1240. The maximum Gasteiger partial charge on any atom is 0.102 e. The van der Waals surface area contributed by atoms with E-state index in [0.717, 1.165) is 5.52 Å². The Morgan fingerprint density at radius 1 is 0.967 bits per heavy atom. The number of aryl methyl sites for hydroxylation is 1. The molecule has 0 spiro atoms. The van der Waals surface area contributed by atoms with Gasteiger partial charge in [0.15, 0.2) is 0 Å². The predicted molar refractivity (Wildman–Crippen MR) is 125 cm³/mol. The van der Waals surface area contributed by atoms with Crippen LogP contribution < -0.4 is 4.90 Å². The summed E-state index contributed by atoms with van der Waals surface area (Å²) in [7, 11) is 2.14. The first-order valence-electron chi connectivity index (χ1n) is 11.1. The van der Waals surface area contributed by atoms with Gasteiger partial charge in [-0.15, -0.1) is 0 Å². The predicted octanol–water partition coefficient (Wildman–Crippen LogP) is 6.10. The molecule has 1 fully saturated rings. The SMILES string of the molecule is Cc1cc2c(cc1N1C=CN(C)[C@@H]1C)-c1cc3ncccc3cc1C1(C)CCC21C. The number of fused-ring (bicyclic) bond motifs is 7. The molecule has 1 saturated carbocycles. The lowest BCUT2D eigenvalue weighted by atomic mass is 9.43. The summed E-state index contributed by atoms with van der Waals surface area (Å²) in [6, 6.07) is 13.9. The molecule has 3 atom stereocenters. The standard InChI is InChI=1S/C27H29N3/c1-17-13-22-21(16-25(17)30-12-11-29(5)18(30)2)20-15-24-19(7-6-10-28-24)14-23(20)27(4)9-8-26(22,27)3/h6-7,10-16,18H,8-9H2,1-5H3/t18-,26?,27?/m0/s1. The topological polar surface area (TPSA) is 19.4 Å². The number of benzene rings is 2. The van der Waals surface area contributed by atoms with Gasteiger partial charge in [0.25, 0.3) is 0 Å². The number of rotatable bonds is 1. The summed E-state index contributed by atoms with van der Waals surface area (Å²) in [6.45, 7) is 9.49. The average molecular weight is 396 g/mol. The van der Waals surface area contributed by atoms with Gasteiger partial charge in [-0.1, -0.05) is 26.0 Å². The second-order valence-electron chi connectivity index (χ2n) is 9.95. The van der Waals surface area contributed by atoms with E-state index in [1.165, 1.54) is 51.7 Å². The molecule has 0 radical (unpaired) electrons. The highest BCUT2D eigenvalue weighted by Gasteiger charge is 2.58. The quantitative estimate of drug-likeness (QED) is 0.496. The molecule has 3 aliphatic rings. The molecular weight excluding hydrogens is 366 g/mol. The molecule has 152 valence electrons. The van der Waals surface area contributed by atoms with Crippen molar-refractivity contribution in [2.45, 2.75) is 57.5 Å². The minimum Gasteiger partial charge on any atom is -0.359 e. The van der Waals surface area contributed by atoms with Crippen molar-refractivity contribution < 1.29 is 0 Å². The first-order valence-corrected chi connectivity index (χ1v) is 11.1. The van der Waals surface area contributed by atoms with Gasteiger partial charge in [0.1, 0.15) is 6.17 Å². The van der Waals surface area contributed by atoms with Crippen LogP contribution in [0.2, 0.25) is 0 Å². The van der Waals surface area contributed by atoms with Gasteiger partial charge < -0.3 is 9.80 Å². The van der Waals surface area contributed by atoms with Crippen molar-refractivity contribution in [2.75, 3.05) is 11.9 Å². The molecule has 3 aromatic rings. The molecule has 6 rings (SSSR count). The fraction of sp³-hybridized carbons (Fsp3) is 0.370. The zero-order valence-corrected chi connectivity index (χ0v) is 18.5. The molecule has 0 N–H and O–H groups in total. The van der Waals surface area contributed by atoms with Gasteiger partial charge in [0.2, 0.25) is 0 Å². The van der Waals surface area contributed by atoms with E-state index in [-0.39, 0.29) is 10.8 Å². The van der Waals surface area contributed by atoms with Gasteiger partial charge in [0, 0.05) is 47.5 Å². The van der Waals surface area contributed by atoms with Gasteiger partial charge in [-0.2, -0.15) is 0 Å². The molecule has 2 heterocycles. The first-order chi connectivity index (χ1) is 14.3. The van der Waals surface area contributed by atoms with Crippen molar-refractivity contribution in [1.29, 1.82) is 0 Å². The van der Waals surface area contributed by atoms with Gasteiger partial charge in [-0.3, -0.25) is 4.98 Å². The fourth-order valence-electron chi connectivity index (χ4n) is 6.10. The summed E-state index contributed by atoms with van der Waals surface area (Å²) < 4.78 is 0. The van der Waals surface area contributed by atoms with E-state index in [9.17, 15) is 0 Å². The molecule has 1 aliphatic heterocycles. The third-order valence-electron chi connectivity index (χ3n) is 8.63. The Balaban J connectivity index is 1.65. The molecule has 0 saturated heterocycles. The molecule has 3 nitrogen and oxygen atoms in total. The summed E-state index contributed by atoms with van der Waals surface area (Å²) >= 11 is 0. The van der Waals surface area contributed by atoms with E-state index in [1.807, 2.05) is 12.3 Å². The minimum atomic E-state index is 0.189. The van der Waals surface area contributed by atoms with Crippen LogP contribution in [-0.2, 0) is 10.8 Å². The number of anilines is 1. The highest BCUT2D eigenvalue weighted by atomic mass is 15.4. The van der Waals surface area contributed by atoms with E-state index in [2.05, 4.69) is 92.3 Å². The van der Waals surface area contributed by atoms with Crippen molar-refractivity contribution >= 4 is 16.6 Å². The number of pyridine rings is 1. The first kappa shape index (κ1) is 18.0. The Labute approximate surface area is 179 Å². The largest absolute Gasteiger partial charge is 0.359 e. The maximum absolute atomic E-state index is 4.68. The van der Waals surface area contributed by atoms with Crippen LogP contribution in [0.5, 0.6) is 0 Å². The van der Waals surface area contributed by atoms with Crippen LogP contribution in [-0.4, -0.2) is 23.1 Å². The van der Waals surface area contributed by atoms with Crippen molar-refractivity contribution in [2.24, 2.45) is 0 Å². The van der Waals surface area contributed by atoms with E-state index >= 15 is 0 Å². The molecule has 3 heteroatoms. The molecule has 30 heavy (non-hydrogen) atoms. The van der Waals surface area contributed by atoms with Crippen LogP contribution >= 0.6 is 0 Å². The fourth-order valence-corrected chi connectivity index (χ4v) is 6.10. The van der Waals surface area contributed by atoms with Crippen LogP contribution in [0.4, 0.5) is 5.69 Å².